The maximum atomic E-state index is 14.4. The smallest absolute Gasteiger partial charge is 0.250 e. The van der Waals surface area contributed by atoms with Gasteiger partial charge in [-0.25, -0.2) is 40.1 Å². The molecule has 41 heavy (non-hydrogen) atoms. The van der Waals surface area contributed by atoms with Crippen molar-refractivity contribution in [3.63, 3.8) is 0 Å². The second-order valence-electron chi connectivity index (χ2n) is 8.60. The summed E-state index contributed by atoms with van der Waals surface area (Å²) in [5.41, 5.74) is -2.63. The lowest BCUT2D eigenvalue weighted by molar-refractivity contribution is -0.140. The van der Waals surface area contributed by atoms with Crippen LogP contribution in [0.3, 0.4) is 0 Å². The van der Waals surface area contributed by atoms with Crippen molar-refractivity contribution in [2.75, 3.05) is 0 Å². The summed E-state index contributed by atoms with van der Waals surface area (Å²) in [6.45, 7) is 16.9. The molecule has 3 aromatic carbocycles. The quantitative estimate of drug-likeness (QED) is 0.220. The van der Waals surface area contributed by atoms with E-state index in [9.17, 15) is 23.7 Å². The molecule has 0 aliphatic rings. The van der Waals surface area contributed by atoms with Crippen molar-refractivity contribution >= 4 is 33.5 Å². The number of nitriles is 2. The van der Waals surface area contributed by atoms with Crippen molar-refractivity contribution in [2.24, 2.45) is 0 Å². The third-order valence-corrected chi connectivity index (χ3v) is 6.19. The van der Waals surface area contributed by atoms with Gasteiger partial charge in [0.25, 0.3) is 11.4 Å². The first kappa shape index (κ1) is 26.4. The summed E-state index contributed by atoms with van der Waals surface area (Å²) in [6, 6.07) is 19.8. The van der Waals surface area contributed by atoms with E-state index in [1.807, 2.05) is 0 Å². The number of fused-ring (bicyclic) bond motifs is 2. The Morgan fingerprint density at radius 1 is 0.683 bits per heavy atom. The van der Waals surface area contributed by atoms with E-state index in [0.717, 1.165) is 0 Å². The van der Waals surface area contributed by atoms with Gasteiger partial charge in [0.05, 0.1) is 58.7 Å². The first-order valence-corrected chi connectivity index (χ1v) is 11.8. The minimum Gasteiger partial charge on any atom is -0.250 e. The SMILES string of the molecule is [C-]#[N+]/C(C#N)=c1\c2nc(C)c(-c3ccccc3)nc2/c(=C(/C#N)[N+]#[C-])c2nc(C(F)(F)F)c(-c3ccccc3)nc12. The van der Waals surface area contributed by atoms with Gasteiger partial charge >= 0.3 is 6.18 Å². The van der Waals surface area contributed by atoms with Gasteiger partial charge in [0.2, 0.25) is 0 Å². The summed E-state index contributed by atoms with van der Waals surface area (Å²) in [4.78, 5) is 24.0. The largest absolute Gasteiger partial charge is 0.435 e. The van der Waals surface area contributed by atoms with Crippen LogP contribution >= 0.6 is 0 Å². The van der Waals surface area contributed by atoms with Crippen molar-refractivity contribution in [3.05, 3.63) is 105 Å². The average molecular weight is 542 g/mol. The molecule has 0 radical (unpaired) electrons. The van der Waals surface area contributed by atoms with Crippen LogP contribution in [0.4, 0.5) is 13.2 Å². The maximum Gasteiger partial charge on any atom is 0.435 e. The molecule has 0 aliphatic carbocycles. The molecule has 8 nitrogen and oxygen atoms in total. The molecule has 11 heteroatoms. The Morgan fingerprint density at radius 2 is 1.10 bits per heavy atom. The molecule has 0 saturated heterocycles. The van der Waals surface area contributed by atoms with Crippen LogP contribution in [-0.2, 0) is 6.18 Å². The Bertz CT molecular complexity index is 2150. The van der Waals surface area contributed by atoms with Crippen molar-refractivity contribution < 1.29 is 13.2 Å². The normalized spacial score (nSPS) is 12.6. The topological polar surface area (TPSA) is 108 Å². The van der Waals surface area contributed by atoms with Crippen molar-refractivity contribution in [1.82, 2.24) is 19.9 Å². The van der Waals surface area contributed by atoms with E-state index in [2.05, 4.69) is 29.6 Å². The molecule has 0 fully saturated rings. The van der Waals surface area contributed by atoms with Crippen molar-refractivity contribution in [2.45, 2.75) is 13.1 Å². The standard InChI is InChI=1S/C30H13F3N8/c1-16-23(17-10-6-4-7-11-17)39-26-22(20(15-35)37-3)28-27(21(25(26)38-16)19(14-34)36-2)40-24(18-12-8-5-9-13-18)29(41-28)30(31,32)33/h4-13H,1H3/b21-19+,22-20+. The zero-order valence-electron chi connectivity index (χ0n) is 21.0. The number of aryl methyl sites for hydroxylation is 1. The van der Waals surface area contributed by atoms with Gasteiger partial charge in [-0.05, 0) is 6.92 Å². The maximum absolute atomic E-state index is 14.4. The second kappa shape index (κ2) is 10.2. The highest BCUT2D eigenvalue weighted by molar-refractivity contribution is 6.00. The molecule has 2 heterocycles. The first-order valence-electron chi connectivity index (χ1n) is 11.8. The van der Waals surface area contributed by atoms with Gasteiger partial charge in [0.1, 0.15) is 5.69 Å². The molecule has 0 spiro atoms. The van der Waals surface area contributed by atoms with E-state index in [4.69, 9.17) is 13.1 Å². The van der Waals surface area contributed by atoms with Gasteiger partial charge < -0.3 is 0 Å². The third-order valence-electron chi connectivity index (χ3n) is 6.19. The zero-order chi connectivity index (χ0) is 29.3. The monoisotopic (exact) mass is 542 g/mol. The number of alkyl halides is 3. The molecular weight excluding hydrogens is 529 g/mol. The predicted octanol–water partition coefficient (Wildman–Crippen LogP) is 5.34. The minimum atomic E-state index is -4.99. The van der Waals surface area contributed by atoms with Crippen LogP contribution in [0.1, 0.15) is 11.4 Å². The number of nitrogens with zero attached hydrogens (tertiary/aromatic N) is 8. The lowest BCUT2D eigenvalue weighted by Crippen LogP contribution is -2.25. The lowest BCUT2D eigenvalue weighted by atomic mass is 10.0. The highest BCUT2D eigenvalue weighted by Gasteiger charge is 2.38. The van der Waals surface area contributed by atoms with E-state index >= 15 is 0 Å². The molecule has 0 N–H and O–H groups in total. The summed E-state index contributed by atoms with van der Waals surface area (Å²) in [6.07, 6.45) is -4.99. The number of halogens is 3. The highest BCUT2D eigenvalue weighted by atomic mass is 19.4. The summed E-state index contributed by atoms with van der Waals surface area (Å²) in [5, 5.41) is 19.2. The Labute approximate surface area is 230 Å². The summed E-state index contributed by atoms with van der Waals surface area (Å²) in [5.74, 6) is 0. The van der Waals surface area contributed by atoms with Crippen molar-refractivity contribution in [3.8, 4) is 34.7 Å². The number of benzene rings is 3. The van der Waals surface area contributed by atoms with Crippen LogP contribution in [0.2, 0.25) is 0 Å². The highest BCUT2D eigenvalue weighted by Crippen LogP contribution is 2.35. The first-order chi connectivity index (χ1) is 19.7. The summed E-state index contributed by atoms with van der Waals surface area (Å²) < 4.78 is 43.3. The van der Waals surface area contributed by atoms with Gasteiger partial charge in [-0.15, -0.1) is 0 Å². The number of rotatable bonds is 2. The van der Waals surface area contributed by atoms with Crippen LogP contribution in [-0.4, -0.2) is 19.9 Å². The minimum absolute atomic E-state index is 0.0679. The van der Waals surface area contributed by atoms with Crippen LogP contribution in [0.25, 0.3) is 65.7 Å². The van der Waals surface area contributed by atoms with Crippen LogP contribution in [0.15, 0.2) is 60.7 Å². The van der Waals surface area contributed by atoms with Gasteiger partial charge in [-0.3, -0.25) is 0 Å². The number of hydrogen-bond donors (Lipinski definition) is 0. The van der Waals surface area contributed by atoms with E-state index in [0.29, 0.717) is 17.0 Å². The van der Waals surface area contributed by atoms with Crippen LogP contribution in [0, 0.1) is 42.7 Å². The van der Waals surface area contributed by atoms with Gasteiger partial charge in [-0.2, -0.15) is 13.2 Å². The molecule has 0 aliphatic heterocycles. The Kier molecular flexibility index (Phi) is 6.57. The van der Waals surface area contributed by atoms with Gasteiger partial charge in [0.15, 0.2) is 5.69 Å². The number of aromatic nitrogens is 4. The Morgan fingerprint density at radius 3 is 1.54 bits per heavy atom. The van der Waals surface area contributed by atoms with Gasteiger partial charge in [-0.1, -0.05) is 60.7 Å². The molecule has 194 valence electrons. The predicted molar refractivity (Wildman–Crippen MR) is 144 cm³/mol. The fraction of sp³-hybridized carbons (Fsp3) is 0.0667. The van der Waals surface area contributed by atoms with E-state index in [1.165, 1.54) is 24.3 Å². The Balaban J connectivity index is 2.19. The lowest BCUT2D eigenvalue weighted by Gasteiger charge is -2.15. The van der Waals surface area contributed by atoms with Crippen LogP contribution < -0.4 is 10.4 Å². The Hall–Kier alpha value is -6.17. The fourth-order valence-electron chi connectivity index (χ4n) is 4.46. The molecule has 0 amide bonds. The average Bonchev–Trinajstić information content (AvgIpc) is 2.98. The molecule has 2 aromatic heterocycles. The molecule has 0 unspecified atom stereocenters. The van der Waals surface area contributed by atoms with E-state index < -0.39 is 34.5 Å². The van der Waals surface area contributed by atoms with E-state index in [-0.39, 0.29) is 32.6 Å². The fourth-order valence-corrected chi connectivity index (χ4v) is 4.46. The van der Waals surface area contributed by atoms with Gasteiger partial charge in [0, 0.05) is 21.6 Å². The second-order valence-corrected chi connectivity index (χ2v) is 8.60. The third kappa shape index (κ3) is 4.44. The van der Waals surface area contributed by atoms with Crippen LogP contribution in [0.5, 0.6) is 0 Å². The molecule has 0 atom stereocenters. The molecule has 0 saturated carbocycles. The zero-order valence-corrected chi connectivity index (χ0v) is 21.0. The molecular formula is C30H13F3N8. The van der Waals surface area contributed by atoms with Crippen molar-refractivity contribution in [1.29, 1.82) is 10.5 Å². The summed E-state index contributed by atoms with van der Waals surface area (Å²) >= 11 is 0. The molecule has 5 rings (SSSR count). The van der Waals surface area contributed by atoms with E-state index in [1.54, 1.807) is 55.5 Å². The molecule has 0 bridgehead atoms. The molecule has 5 aromatic rings. The summed E-state index contributed by atoms with van der Waals surface area (Å²) in [7, 11) is 0. The number of hydrogen-bond acceptors (Lipinski definition) is 6.